The van der Waals surface area contributed by atoms with E-state index in [9.17, 15) is 13.2 Å². The van der Waals surface area contributed by atoms with Gasteiger partial charge in [0.15, 0.2) is 0 Å². The molecule has 21 heavy (non-hydrogen) atoms. The van der Waals surface area contributed by atoms with E-state index in [2.05, 4.69) is 4.72 Å². The predicted octanol–water partition coefficient (Wildman–Crippen LogP) is 1.31. The summed E-state index contributed by atoms with van der Waals surface area (Å²) in [6.07, 6.45) is 1.39. The Bertz CT molecular complexity index is 563. The third-order valence-corrected chi connectivity index (χ3v) is 6.09. The summed E-state index contributed by atoms with van der Waals surface area (Å²) in [5, 5.41) is 12.9. The third kappa shape index (κ3) is 4.50. The summed E-state index contributed by atoms with van der Waals surface area (Å²) in [6.45, 7) is 2.36. The Morgan fingerprint density at radius 2 is 2.19 bits per heavy atom. The smallest absolute Gasteiger partial charge is 0.306 e. The van der Waals surface area contributed by atoms with Gasteiger partial charge in [0, 0.05) is 19.1 Å². The van der Waals surface area contributed by atoms with Crippen molar-refractivity contribution in [3.8, 4) is 0 Å². The first-order chi connectivity index (χ1) is 9.88. The van der Waals surface area contributed by atoms with Gasteiger partial charge < -0.3 is 5.11 Å². The molecule has 0 spiro atoms. The first kappa shape index (κ1) is 16.4. The Balaban J connectivity index is 1.88. The van der Waals surface area contributed by atoms with E-state index in [-0.39, 0.29) is 19.1 Å². The van der Waals surface area contributed by atoms with Crippen LogP contribution in [-0.2, 0) is 21.4 Å². The zero-order valence-corrected chi connectivity index (χ0v) is 13.5. The molecular formula is C13H20N2O4S2. The lowest BCUT2D eigenvalue weighted by atomic mass is 9.99. The van der Waals surface area contributed by atoms with Crippen LogP contribution in [0.15, 0.2) is 16.8 Å². The van der Waals surface area contributed by atoms with Gasteiger partial charge in [-0.05, 0) is 48.6 Å². The summed E-state index contributed by atoms with van der Waals surface area (Å²) in [4.78, 5) is 10.9. The van der Waals surface area contributed by atoms with Gasteiger partial charge in [0.05, 0.1) is 5.92 Å². The highest BCUT2D eigenvalue weighted by Crippen LogP contribution is 2.19. The molecule has 8 heteroatoms. The van der Waals surface area contributed by atoms with Crippen LogP contribution in [0.1, 0.15) is 25.3 Å². The second-order valence-corrected chi connectivity index (χ2v) is 7.85. The fraction of sp³-hybridized carbons (Fsp3) is 0.615. The molecule has 2 rings (SSSR count). The second kappa shape index (κ2) is 6.87. The van der Waals surface area contributed by atoms with Crippen molar-refractivity contribution < 1.29 is 18.3 Å². The number of thiophene rings is 1. The molecule has 2 heterocycles. The number of nitrogens with one attached hydrogen (secondary N) is 1. The van der Waals surface area contributed by atoms with Gasteiger partial charge in [-0.2, -0.15) is 28.8 Å². The molecule has 1 aliphatic heterocycles. The molecular weight excluding hydrogens is 312 g/mol. The maximum atomic E-state index is 12.3. The van der Waals surface area contributed by atoms with Gasteiger partial charge in [0.25, 0.3) is 10.2 Å². The normalized spacial score (nSPS) is 19.5. The minimum Gasteiger partial charge on any atom is -0.481 e. The summed E-state index contributed by atoms with van der Waals surface area (Å²) >= 11 is 1.59. The molecule has 0 aliphatic carbocycles. The first-order valence-electron chi connectivity index (χ1n) is 6.90. The molecule has 6 nitrogen and oxygen atoms in total. The second-order valence-electron chi connectivity index (χ2n) is 5.37. The average Bonchev–Trinajstić information content (AvgIpc) is 2.90. The van der Waals surface area contributed by atoms with Gasteiger partial charge in [-0.15, -0.1) is 0 Å². The first-order valence-corrected chi connectivity index (χ1v) is 9.28. The van der Waals surface area contributed by atoms with Gasteiger partial charge in [-0.1, -0.05) is 0 Å². The van der Waals surface area contributed by atoms with Crippen LogP contribution in [0.3, 0.4) is 0 Å². The van der Waals surface area contributed by atoms with Crippen LogP contribution in [0.5, 0.6) is 0 Å². The number of nitrogens with zero attached hydrogens (tertiary/aromatic N) is 1. The molecule has 0 amide bonds. The summed E-state index contributed by atoms with van der Waals surface area (Å²) in [6, 6.07) is 1.79. The van der Waals surface area contributed by atoms with Crippen molar-refractivity contribution in [1.82, 2.24) is 9.03 Å². The van der Waals surface area contributed by atoms with E-state index in [0.29, 0.717) is 19.3 Å². The number of carboxylic acids is 1. The average molecular weight is 332 g/mol. The summed E-state index contributed by atoms with van der Waals surface area (Å²) < 4.78 is 28.5. The lowest BCUT2D eigenvalue weighted by Crippen LogP contribution is -2.48. The number of rotatable bonds is 6. The fourth-order valence-electron chi connectivity index (χ4n) is 2.48. The minimum absolute atomic E-state index is 0.193. The standard InChI is InChI=1S/C13H20N2O4S2/c1-10(8-11-4-7-20-9-11)14-21(18,19)15-5-2-12(3-6-15)13(16)17/h4,7,9-10,12,14H,2-3,5-6,8H2,1H3,(H,16,17). The molecule has 1 unspecified atom stereocenters. The quantitative estimate of drug-likeness (QED) is 0.822. The zero-order valence-electron chi connectivity index (χ0n) is 11.9. The molecule has 0 saturated carbocycles. The Morgan fingerprint density at radius 1 is 1.52 bits per heavy atom. The number of piperidine rings is 1. The number of aliphatic carboxylic acids is 1. The monoisotopic (exact) mass is 332 g/mol. The minimum atomic E-state index is -3.54. The summed E-state index contributed by atoms with van der Waals surface area (Å²) in [7, 11) is -3.54. The highest BCUT2D eigenvalue weighted by atomic mass is 32.2. The summed E-state index contributed by atoms with van der Waals surface area (Å²) in [5.74, 6) is -1.27. The largest absolute Gasteiger partial charge is 0.481 e. The molecule has 1 aromatic heterocycles. The molecule has 2 N–H and O–H groups in total. The molecule has 118 valence electrons. The van der Waals surface area contributed by atoms with Crippen LogP contribution in [0, 0.1) is 5.92 Å². The number of carbonyl (C=O) groups is 1. The SMILES string of the molecule is CC(Cc1ccsc1)NS(=O)(=O)N1CCC(C(=O)O)CC1. The predicted molar refractivity (Wildman–Crippen MR) is 81.5 cm³/mol. The van der Waals surface area contributed by atoms with Gasteiger partial charge >= 0.3 is 5.97 Å². The molecule has 1 aromatic rings. The molecule has 1 atom stereocenters. The van der Waals surface area contributed by atoms with Crippen molar-refractivity contribution in [2.24, 2.45) is 5.92 Å². The van der Waals surface area contributed by atoms with Crippen LogP contribution >= 0.6 is 11.3 Å². The van der Waals surface area contributed by atoms with E-state index in [1.807, 2.05) is 23.8 Å². The Labute approximate surface area is 129 Å². The molecule has 0 radical (unpaired) electrons. The maximum Gasteiger partial charge on any atom is 0.306 e. The van der Waals surface area contributed by atoms with Crippen LogP contribution in [0.2, 0.25) is 0 Å². The molecule has 1 fully saturated rings. The van der Waals surface area contributed by atoms with Crippen molar-refractivity contribution in [3.63, 3.8) is 0 Å². The zero-order chi connectivity index (χ0) is 15.5. The number of hydrogen-bond acceptors (Lipinski definition) is 4. The van der Waals surface area contributed by atoms with Gasteiger partial charge in [0.2, 0.25) is 0 Å². The molecule has 1 aliphatic rings. The van der Waals surface area contributed by atoms with Crippen molar-refractivity contribution >= 4 is 27.5 Å². The molecule has 0 bridgehead atoms. The van der Waals surface area contributed by atoms with Crippen LogP contribution < -0.4 is 4.72 Å². The van der Waals surface area contributed by atoms with Crippen LogP contribution in [0.25, 0.3) is 0 Å². The lowest BCUT2D eigenvalue weighted by Gasteiger charge is -2.30. The van der Waals surface area contributed by atoms with Crippen molar-refractivity contribution in [2.75, 3.05) is 13.1 Å². The topological polar surface area (TPSA) is 86.7 Å². The van der Waals surface area contributed by atoms with Crippen molar-refractivity contribution in [1.29, 1.82) is 0 Å². The highest BCUT2D eigenvalue weighted by Gasteiger charge is 2.31. The van der Waals surface area contributed by atoms with E-state index in [1.54, 1.807) is 11.3 Å². The Kier molecular flexibility index (Phi) is 5.37. The fourth-order valence-corrected chi connectivity index (χ4v) is 4.59. The van der Waals surface area contributed by atoms with Gasteiger partial charge in [0.1, 0.15) is 0 Å². The van der Waals surface area contributed by atoms with Crippen LogP contribution in [-0.4, -0.2) is 42.9 Å². The van der Waals surface area contributed by atoms with Gasteiger partial charge in [-0.3, -0.25) is 4.79 Å². The summed E-state index contributed by atoms with van der Waals surface area (Å²) in [5.41, 5.74) is 1.11. The molecule has 1 saturated heterocycles. The van der Waals surface area contributed by atoms with Crippen molar-refractivity contribution in [3.05, 3.63) is 22.4 Å². The van der Waals surface area contributed by atoms with E-state index in [1.165, 1.54) is 4.31 Å². The van der Waals surface area contributed by atoms with Crippen molar-refractivity contribution in [2.45, 2.75) is 32.2 Å². The van der Waals surface area contributed by atoms with Crippen LogP contribution in [0.4, 0.5) is 0 Å². The van der Waals surface area contributed by atoms with E-state index in [0.717, 1.165) is 5.56 Å². The number of hydrogen-bond donors (Lipinski definition) is 2. The van der Waals surface area contributed by atoms with Gasteiger partial charge in [-0.25, -0.2) is 0 Å². The van der Waals surface area contributed by atoms with E-state index in [4.69, 9.17) is 5.11 Å². The van der Waals surface area contributed by atoms with E-state index < -0.39 is 22.1 Å². The number of carboxylic acid groups (broad SMARTS) is 1. The van der Waals surface area contributed by atoms with E-state index >= 15 is 0 Å². The lowest BCUT2D eigenvalue weighted by molar-refractivity contribution is -0.142. The highest BCUT2D eigenvalue weighted by molar-refractivity contribution is 7.87. The Morgan fingerprint density at radius 3 is 2.71 bits per heavy atom. The Hall–Kier alpha value is -0.960. The third-order valence-electron chi connectivity index (χ3n) is 3.62. The maximum absolute atomic E-state index is 12.3. The molecule has 0 aromatic carbocycles.